The van der Waals surface area contributed by atoms with E-state index in [1.54, 1.807) is 12.5 Å². The van der Waals surface area contributed by atoms with Crippen molar-refractivity contribution in [1.82, 2.24) is 14.9 Å². The third-order valence-corrected chi connectivity index (χ3v) is 6.17. The quantitative estimate of drug-likeness (QED) is 0.592. The van der Waals surface area contributed by atoms with Gasteiger partial charge >= 0.3 is 0 Å². The molecule has 1 aliphatic heterocycles. The van der Waals surface area contributed by atoms with Gasteiger partial charge in [0.1, 0.15) is 0 Å². The molecule has 1 fully saturated rings. The molecule has 4 nitrogen and oxygen atoms in total. The van der Waals surface area contributed by atoms with Gasteiger partial charge in [-0.05, 0) is 19.3 Å². The molecule has 0 saturated carbocycles. The summed E-state index contributed by atoms with van der Waals surface area (Å²) in [5.74, 6) is 1.47. The zero-order valence-electron chi connectivity index (χ0n) is 11.1. The molecule has 0 bridgehead atoms. The van der Waals surface area contributed by atoms with Crippen molar-refractivity contribution in [3.05, 3.63) is 18.7 Å². The Morgan fingerprint density at radius 3 is 3.16 bits per heavy atom. The van der Waals surface area contributed by atoms with Crippen molar-refractivity contribution in [3.63, 3.8) is 0 Å². The molecule has 1 aromatic heterocycles. The predicted octanol–water partition coefficient (Wildman–Crippen LogP) is 2.71. The number of carbonyl (C=O) groups is 1. The molecule has 1 aliphatic rings. The highest BCUT2D eigenvalue weighted by Gasteiger charge is 2.15. The number of rotatable bonds is 8. The van der Waals surface area contributed by atoms with Crippen LogP contribution in [0.3, 0.4) is 0 Å². The molecule has 0 spiro atoms. The first-order valence-electron chi connectivity index (χ1n) is 6.85. The zero-order chi connectivity index (χ0) is 13.3. The van der Waals surface area contributed by atoms with Crippen LogP contribution in [0.1, 0.15) is 32.1 Å². The lowest BCUT2D eigenvalue weighted by Crippen LogP contribution is -2.26. The smallest absolute Gasteiger partial charge is 0.220 e. The van der Waals surface area contributed by atoms with E-state index in [0.717, 1.165) is 18.2 Å². The third-order valence-electron chi connectivity index (χ3n) is 3.16. The lowest BCUT2D eigenvalue weighted by molar-refractivity contribution is -0.121. The molecule has 1 saturated heterocycles. The monoisotopic (exact) mass is 299 g/mol. The van der Waals surface area contributed by atoms with E-state index < -0.39 is 0 Å². The first-order valence-corrected chi connectivity index (χ1v) is 9.23. The Hall–Kier alpha value is -0.620. The Morgan fingerprint density at radius 2 is 2.42 bits per heavy atom. The van der Waals surface area contributed by atoms with Crippen LogP contribution in [0.25, 0.3) is 0 Å². The number of hydrogen-bond acceptors (Lipinski definition) is 4. The number of nitrogens with zero attached hydrogens (tertiary/aromatic N) is 2. The van der Waals surface area contributed by atoms with Gasteiger partial charge in [0.25, 0.3) is 0 Å². The summed E-state index contributed by atoms with van der Waals surface area (Å²) < 4.78 is 1.97. The summed E-state index contributed by atoms with van der Waals surface area (Å²) in [6, 6.07) is 0. The van der Waals surface area contributed by atoms with E-state index in [0.29, 0.717) is 13.0 Å². The molecule has 1 N–H and O–H groups in total. The number of unbranched alkanes of at least 4 members (excludes halogenated alkanes) is 1. The van der Waals surface area contributed by atoms with Crippen LogP contribution in [0.2, 0.25) is 0 Å². The van der Waals surface area contributed by atoms with Crippen molar-refractivity contribution in [1.29, 1.82) is 0 Å². The number of carbonyl (C=O) groups excluding carboxylic acids is 1. The van der Waals surface area contributed by atoms with E-state index in [9.17, 15) is 4.79 Å². The Balaban J connectivity index is 1.45. The summed E-state index contributed by atoms with van der Waals surface area (Å²) in [6.07, 6.45) is 10.9. The SMILES string of the molecule is O=C(CCCC[C@@H]1CCSS1)NCCn1ccnc1. The van der Waals surface area contributed by atoms with Crippen LogP contribution in [-0.2, 0) is 11.3 Å². The molecule has 19 heavy (non-hydrogen) atoms. The summed E-state index contributed by atoms with van der Waals surface area (Å²) in [4.78, 5) is 15.6. The lowest BCUT2D eigenvalue weighted by atomic mass is 10.1. The van der Waals surface area contributed by atoms with Crippen LogP contribution >= 0.6 is 21.6 Å². The Bertz CT molecular complexity index is 364. The van der Waals surface area contributed by atoms with E-state index in [4.69, 9.17) is 0 Å². The van der Waals surface area contributed by atoms with Crippen LogP contribution in [0, 0.1) is 0 Å². The van der Waals surface area contributed by atoms with Gasteiger partial charge in [0.15, 0.2) is 0 Å². The van der Waals surface area contributed by atoms with Gasteiger partial charge in [0.05, 0.1) is 6.33 Å². The maximum absolute atomic E-state index is 11.6. The molecule has 0 aromatic carbocycles. The Labute approximate surface area is 122 Å². The van der Waals surface area contributed by atoms with Gasteiger partial charge in [-0.15, -0.1) is 0 Å². The number of aromatic nitrogens is 2. The van der Waals surface area contributed by atoms with Gasteiger partial charge in [-0.3, -0.25) is 4.79 Å². The number of nitrogens with one attached hydrogen (secondary N) is 1. The number of amides is 1. The van der Waals surface area contributed by atoms with E-state index in [1.807, 2.05) is 32.4 Å². The predicted molar refractivity (Wildman–Crippen MR) is 82.2 cm³/mol. The van der Waals surface area contributed by atoms with E-state index >= 15 is 0 Å². The first kappa shape index (κ1) is 14.8. The minimum atomic E-state index is 0.175. The minimum Gasteiger partial charge on any atom is -0.354 e. The maximum Gasteiger partial charge on any atom is 0.220 e. The fourth-order valence-electron chi connectivity index (χ4n) is 2.05. The molecule has 0 unspecified atom stereocenters. The normalized spacial score (nSPS) is 18.6. The second kappa shape index (κ2) is 8.53. The molecule has 0 aliphatic carbocycles. The average molecular weight is 299 g/mol. The van der Waals surface area contributed by atoms with Crippen molar-refractivity contribution in [3.8, 4) is 0 Å². The van der Waals surface area contributed by atoms with Gasteiger partial charge in [-0.2, -0.15) is 0 Å². The second-order valence-electron chi connectivity index (χ2n) is 4.73. The lowest BCUT2D eigenvalue weighted by Gasteiger charge is -2.07. The topological polar surface area (TPSA) is 46.9 Å². The van der Waals surface area contributed by atoms with Gasteiger partial charge in [-0.25, -0.2) is 4.98 Å². The zero-order valence-corrected chi connectivity index (χ0v) is 12.7. The van der Waals surface area contributed by atoms with Crippen molar-refractivity contribution >= 4 is 27.5 Å². The molecular weight excluding hydrogens is 278 g/mol. The molecule has 2 rings (SSSR count). The summed E-state index contributed by atoms with van der Waals surface area (Å²) in [5.41, 5.74) is 0. The van der Waals surface area contributed by atoms with E-state index in [-0.39, 0.29) is 5.91 Å². The van der Waals surface area contributed by atoms with Gasteiger partial charge in [0.2, 0.25) is 5.91 Å². The van der Waals surface area contributed by atoms with Crippen LogP contribution in [0.15, 0.2) is 18.7 Å². The van der Waals surface area contributed by atoms with Crippen LogP contribution < -0.4 is 5.32 Å². The number of imidazole rings is 1. The second-order valence-corrected chi connectivity index (χ2v) is 7.51. The summed E-state index contributed by atoms with van der Waals surface area (Å²) in [5, 5.41) is 3.78. The summed E-state index contributed by atoms with van der Waals surface area (Å²) in [7, 11) is 4.01. The van der Waals surface area contributed by atoms with Crippen LogP contribution in [0.5, 0.6) is 0 Å². The number of hydrogen-bond donors (Lipinski definition) is 1. The largest absolute Gasteiger partial charge is 0.354 e. The van der Waals surface area contributed by atoms with E-state index in [2.05, 4.69) is 10.3 Å². The molecule has 6 heteroatoms. The fraction of sp³-hybridized carbons (Fsp3) is 0.692. The summed E-state index contributed by atoms with van der Waals surface area (Å²) in [6.45, 7) is 1.48. The van der Waals surface area contributed by atoms with Crippen LogP contribution in [0.4, 0.5) is 0 Å². The van der Waals surface area contributed by atoms with Crippen molar-refractivity contribution < 1.29 is 4.79 Å². The molecule has 0 radical (unpaired) electrons. The average Bonchev–Trinajstić information content (AvgIpc) is 3.07. The highest BCUT2D eigenvalue weighted by Crippen LogP contribution is 2.39. The minimum absolute atomic E-state index is 0.175. The fourth-order valence-corrected chi connectivity index (χ4v) is 5.08. The highest BCUT2D eigenvalue weighted by molar-refractivity contribution is 8.77. The molecule has 1 atom stereocenters. The molecule has 1 aromatic rings. The van der Waals surface area contributed by atoms with E-state index in [1.165, 1.54) is 25.0 Å². The van der Waals surface area contributed by atoms with Crippen molar-refractivity contribution in [2.75, 3.05) is 12.3 Å². The van der Waals surface area contributed by atoms with Crippen LogP contribution in [-0.4, -0.2) is 33.0 Å². The van der Waals surface area contributed by atoms with Crippen molar-refractivity contribution in [2.45, 2.75) is 43.9 Å². The van der Waals surface area contributed by atoms with Gasteiger partial charge < -0.3 is 9.88 Å². The van der Waals surface area contributed by atoms with Gasteiger partial charge in [0, 0.05) is 42.9 Å². The first-order chi connectivity index (χ1) is 9.34. The molecule has 106 valence electrons. The standard InChI is InChI=1S/C13H21N3OS2/c17-13(15-7-9-16-8-6-14-11-16)4-2-1-3-12-5-10-18-19-12/h6,8,11-12H,1-5,7,9-10H2,(H,15,17)/t12-/m1/s1. The highest BCUT2D eigenvalue weighted by atomic mass is 33.1. The Morgan fingerprint density at radius 1 is 1.47 bits per heavy atom. The third kappa shape index (κ3) is 5.91. The van der Waals surface area contributed by atoms with Gasteiger partial charge in [-0.1, -0.05) is 28.0 Å². The van der Waals surface area contributed by atoms with Crippen molar-refractivity contribution in [2.24, 2.45) is 0 Å². The Kier molecular flexibility index (Phi) is 6.64. The summed E-state index contributed by atoms with van der Waals surface area (Å²) >= 11 is 0. The maximum atomic E-state index is 11.6. The molecule has 1 amide bonds. The molecular formula is C13H21N3OS2. The molecule has 2 heterocycles.